The SMILES string of the molecule is CCSc1nnc(NC(=O)/C=C/c2cc(Cl)c3c(c2)OCO3)s1. The van der Waals surface area contributed by atoms with E-state index in [0.29, 0.717) is 21.7 Å². The maximum atomic E-state index is 11.9. The second-order valence-corrected chi connectivity index (χ2v) is 7.26. The lowest BCUT2D eigenvalue weighted by molar-refractivity contribution is -0.111. The minimum Gasteiger partial charge on any atom is -0.454 e. The Kier molecular flexibility index (Phi) is 5.04. The monoisotopic (exact) mass is 369 g/mol. The number of nitrogens with one attached hydrogen (secondary N) is 1. The van der Waals surface area contributed by atoms with Gasteiger partial charge in [-0.2, -0.15) is 0 Å². The van der Waals surface area contributed by atoms with Crippen LogP contribution in [-0.2, 0) is 4.79 Å². The molecule has 0 atom stereocenters. The summed E-state index contributed by atoms with van der Waals surface area (Å²) in [5, 5.41) is 11.5. The second-order valence-electron chi connectivity index (χ2n) is 4.37. The molecule has 0 radical (unpaired) electrons. The summed E-state index contributed by atoms with van der Waals surface area (Å²) in [6, 6.07) is 3.47. The van der Waals surface area contributed by atoms with Crippen LogP contribution in [0.25, 0.3) is 6.08 Å². The van der Waals surface area contributed by atoms with Crippen LogP contribution in [0.4, 0.5) is 5.13 Å². The van der Waals surface area contributed by atoms with Crippen LogP contribution in [0.1, 0.15) is 12.5 Å². The average Bonchev–Trinajstić information content (AvgIpc) is 3.15. The number of ether oxygens (including phenoxy) is 2. The van der Waals surface area contributed by atoms with Crippen molar-refractivity contribution in [1.82, 2.24) is 10.2 Å². The van der Waals surface area contributed by atoms with E-state index in [4.69, 9.17) is 21.1 Å². The molecule has 23 heavy (non-hydrogen) atoms. The Morgan fingerprint density at radius 3 is 3.17 bits per heavy atom. The number of rotatable bonds is 5. The molecule has 2 heterocycles. The van der Waals surface area contributed by atoms with Crippen molar-refractivity contribution in [3.63, 3.8) is 0 Å². The number of carbonyl (C=O) groups excluding carboxylic acids is 1. The summed E-state index contributed by atoms with van der Waals surface area (Å²) < 4.78 is 11.4. The molecule has 0 saturated carbocycles. The van der Waals surface area contributed by atoms with E-state index in [1.165, 1.54) is 17.4 Å². The Labute approximate surface area is 145 Å². The summed E-state index contributed by atoms with van der Waals surface area (Å²) in [7, 11) is 0. The molecule has 1 aliphatic rings. The molecule has 1 aliphatic heterocycles. The summed E-state index contributed by atoms with van der Waals surface area (Å²) in [4.78, 5) is 11.9. The van der Waals surface area contributed by atoms with Gasteiger partial charge in [0.2, 0.25) is 17.8 Å². The molecule has 2 aromatic rings. The number of nitrogens with zero attached hydrogens (tertiary/aromatic N) is 2. The second kappa shape index (κ2) is 7.20. The Hall–Kier alpha value is -1.77. The third kappa shape index (κ3) is 3.95. The molecule has 6 nitrogen and oxygen atoms in total. The topological polar surface area (TPSA) is 73.3 Å². The Morgan fingerprint density at radius 2 is 2.35 bits per heavy atom. The van der Waals surface area contributed by atoms with E-state index in [1.54, 1.807) is 30.0 Å². The standard InChI is InChI=1S/C14H12ClN3O3S2/c1-2-22-14-18-17-13(23-14)16-11(19)4-3-8-5-9(15)12-10(6-8)20-7-21-12/h3-6H,2,7H2,1H3,(H,16,17,19)/b4-3+. The molecular weight excluding hydrogens is 358 g/mol. The van der Waals surface area contributed by atoms with Crippen LogP contribution in [0.2, 0.25) is 5.02 Å². The van der Waals surface area contributed by atoms with Crippen LogP contribution < -0.4 is 14.8 Å². The minimum absolute atomic E-state index is 0.151. The van der Waals surface area contributed by atoms with Gasteiger partial charge in [-0.05, 0) is 29.5 Å². The summed E-state index contributed by atoms with van der Waals surface area (Å²) in [6.07, 6.45) is 3.05. The zero-order valence-electron chi connectivity index (χ0n) is 12.0. The van der Waals surface area contributed by atoms with E-state index in [1.807, 2.05) is 6.92 Å². The van der Waals surface area contributed by atoms with Crippen molar-refractivity contribution in [3.05, 3.63) is 28.8 Å². The smallest absolute Gasteiger partial charge is 0.250 e. The maximum Gasteiger partial charge on any atom is 0.250 e. The van der Waals surface area contributed by atoms with Crippen LogP contribution in [0.3, 0.4) is 0 Å². The zero-order chi connectivity index (χ0) is 16.2. The molecule has 120 valence electrons. The van der Waals surface area contributed by atoms with Gasteiger partial charge in [0.1, 0.15) is 0 Å². The van der Waals surface area contributed by atoms with Gasteiger partial charge in [-0.3, -0.25) is 10.1 Å². The molecular formula is C14H12ClN3O3S2. The molecule has 0 unspecified atom stereocenters. The number of amides is 1. The van der Waals surface area contributed by atoms with Gasteiger partial charge >= 0.3 is 0 Å². The molecule has 0 aliphatic carbocycles. The number of hydrogen-bond acceptors (Lipinski definition) is 7. The third-order valence-corrected chi connectivity index (χ3v) is 4.92. The first-order chi connectivity index (χ1) is 11.2. The first kappa shape index (κ1) is 16.1. The van der Waals surface area contributed by atoms with Crippen molar-refractivity contribution in [1.29, 1.82) is 0 Å². The number of anilines is 1. The molecule has 3 rings (SSSR count). The number of hydrogen-bond donors (Lipinski definition) is 1. The van der Waals surface area contributed by atoms with Crippen LogP contribution in [0.5, 0.6) is 11.5 Å². The number of carbonyl (C=O) groups is 1. The van der Waals surface area contributed by atoms with E-state index in [-0.39, 0.29) is 12.7 Å². The van der Waals surface area contributed by atoms with Gasteiger partial charge in [-0.1, -0.05) is 41.6 Å². The highest BCUT2D eigenvalue weighted by atomic mass is 35.5. The molecule has 1 aromatic carbocycles. The summed E-state index contributed by atoms with van der Waals surface area (Å²) in [5.41, 5.74) is 0.744. The fourth-order valence-corrected chi connectivity index (χ4v) is 3.77. The van der Waals surface area contributed by atoms with E-state index in [9.17, 15) is 4.79 Å². The number of benzene rings is 1. The predicted molar refractivity (Wildman–Crippen MR) is 91.5 cm³/mol. The fraction of sp³-hybridized carbons (Fsp3) is 0.214. The number of halogens is 1. The first-order valence-electron chi connectivity index (χ1n) is 6.70. The van der Waals surface area contributed by atoms with Gasteiger partial charge in [-0.15, -0.1) is 10.2 Å². The zero-order valence-corrected chi connectivity index (χ0v) is 14.4. The maximum absolute atomic E-state index is 11.9. The Morgan fingerprint density at radius 1 is 1.48 bits per heavy atom. The van der Waals surface area contributed by atoms with E-state index in [2.05, 4.69) is 15.5 Å². The molecule has 9 heteroatoms. The van der Waals surface area contributed by atoms with E-state index >= 15 is 0 Å². The molecule has 1 aromatic heterocycles. The van der Waals surface area contributed by atoms with Crippen molar-refractivity contribution < 1.29 is 14.3 Å². The van der Waals surface area contributed by atoms with Crippen LogP contribution in [0.15, 0.2) is 22.5 Å². The van der Waals surface area contributed by atoms with Gasteiger partial charge in [0, 0.05) is 6.08 Å². The fourth-order valence-electron chi connectivity index (χ4n) is 1.84. The Balaban J connectivity index is 1.65. The molecule has 0 fully saturated rings. The van der Waals surface area contributed by atoms with Gasteiger partial charge < -0.3 is 9.47 Å². The molecule has 0 bridgehead atoms. The predicted octanol–water partition coefficient (Wildman–Crippen LogP) is 3.68. The lowest BCUT2D eigenvalue weighted by atomic mass is 10.2. The molecule has 0 saturated heterocycles. The largest absolute Gasteiger partial charge is 0.454 e. The quantitative estimate of drug-likeness (QED) is 0.492. The van der Waals surface area contributed by atoms with Crippen molar-refractivity contribution >= 4 is 51.8 Å². The first-order valence-corrected chi connectivity index (χ1v) is 8.88. The van der Waals surface area contributed by atoms with Crippen molar-refractivity contribution in [2.75, 3.05) is 17.9 Å². The van der Waals surface area contributed by atoms with Gasteiger partial charge in [0.15, 0.2) is 15.8 Å². The average molecular weight is 370 g/mol. The van der Waals surface area contributed by atoms with Gasteiger partial charge in [0.05, 0.1) is 5.02 Å². The Bertz CT molecular complexity index is 764. The highest BCUT2D eigenvalue weighted by Crippen LogP contribution is 2.40. The summed E-state index contributed by atoms with van der Waals surface area (Å²) in [5.74, 6) is 1.72. The number of thioether (sulfide) groups is 1. The highest BCUT2D eigenvalue weighted by Gasteiger charge is 2.17. The lowest BCUT2D eigenvalue weighted by Crippen LogP contribution is -2.07. The van der Waals surface area contributed by atoms with E-state index in [0.717, 1.165) is 15.7 Å². The lowest BCUT2D eigenvalue weighted by Gasteiger charge is -2.01. The van der Waals surface area contributed by atoms with Gasteiger partial charge in [-0.25, -0.2) is 0 Å². The van der Waals surface area contributed by atoms with Crippen LogP contribution in [-0.4, -0.2) is 28.7 Å². The van der Waals surface area contributed by atoms with E-state index < -0.39 is 0 Å². The minimum atomic E-state index is -0.289. The van der Waals surface area contributed by atoms with Crippen molar-refractivity contribution in [2.24, 2.45) is 0 Å². The third-order valence-electron chi connectivity index (χ3n) is 2.78. The van der Waals surface area contributed by atoms with Crippen LogP contribution >= 0.6 is 34.7 Å². The number of aromatic nitrogens is 2. The normalized spacial score (nSPS) is 12.8. The molecule has 0 spiro atoms. The van der Waals surface area contributed by atoms with Crippen molar-refractivity contribution in [2.45, 2.75) is 11.3 Å². The van der Waals surface area contributed by atoms with Crippen LogP contribution in [0, 0.1) is 0 Å². The molecule has 1 amide bonds. The highest BCUT2D eigenvalue weighted by molar-refractivity contribution is 8.01. The number of fused-ring (bicyclic) bond motifs is 1. The summed E-state index contributed by atoms with van der Waals surface area (Å²) >= 11 is 9.02. The molecule has 1 N–H and O–H groups in total. The summed E-state index contributed by atoms with van der Waals surface area (Å²) in [6.45, 7) is 2.18. The van der Waals surface area contributed by atoms with Gasteiger partial charge in [0.25, 0.3) is 0 Å². The van der Waals surface area contributed by atoms with Crippen molar-refractivity contribution in [3.8, 4) is 11.5 Å².